The number of hydrogen-bond donors (Lipinski definition) is 2. The summed E-state index contributed by atoms with van der Waals surface area (Å²) in [6, 6.07) is 4.92. The lowest BCUT2D eigenvalue weighted by Crippen LogP contribution is -2.32. The van der Waals surface area contributed by atoms with Crippen LogP contribution in [0, 0.1) is 5.92 Å². The van der Waals surface area contributed by atoms with E-state index in [4.69, 9.17) is 0 Å². The molecule has 3 nitrogen and oxygen atoms in total. The van der Waals surface area contributed by atoms with E-state index in [2.05, 4.69) is 40.0 Å². The van der Waals surface area contributed by atoms with Crippen LogP contribution in [0.4, 0.5) is 0 Å². The highest BCUT2D eigenvalue weighted by Gasteiger charge is 2.20. The van der Waals surface area contributed by atoms with Crippen molar-refractivity contribution in [3.8, 4) is 10.6 Å². The maximum absolute atomic E-state index is 4.21. The minimum atomic E-state index is 0.684. The largest absolute Gasteiger partial charge is 0.310 e. The Bertz CT molecular complexity index is 510. The number of nitrogens with zero attached hydrogens (tertiary/aromatic N) is 1. The number of rotatable bonds is 5. The fourth-order valence-electron chi connectivity index (χ4n) is 3.11. The standard InChI is InChI=1S/C16H23N3S/c1-2-12-5-7-14(8-6-12)17-10-13-11-18-19-16(13)15-4-3-9-20-15/h3-4,9,11-12,14,17H,2,5-8,10H2,1H3,(H,18,19). The molecule has 0 aromatic carbocycles. The van der Waals surface area contributed by atoms with Gasteiger partial charge in [0.1, 0.15) is 0 Å². The molecule has 3 rings (SSSR count). The van der Waals surface area contributed by atoms with E-state index in [9.17, 15) is 0 Å². The molecule has 1 fully saturated rings. The third-order valence-corrected chi connectivity index (χ3v) is 5.38. The van der Waals surface area contributed by atoms with Gasteiger partial charge in [-0.3, -0.25) is 5.10 Å². The summed E-state index contributed by atoms with van der Waals surface area (Å²) in [5.74, 6) is 0.962. The molecule has 0 aliphatic heterocycles. The molecular weight excluding hydrogens is 266 g/mol. The first-order valence-electron chi connectivity index (χ1n) is 7.66. The van der Waals surface area contributed by atoms with Crippen molar-refractivity contribution in [3.63, 3.8) is 0 Å². The SMILES string of the molecule is CCC1CCC(NCc2cn[nH]c2-c2cccs2)CC1. The Hall–Kier alpha value is -1.13. The number of aromatic amines is 1. The van der Waals surface area contributed by atoms with Gasteiger partial charge >= 0.3 is 0 Å². The minimum absolute atomic E-state index is 0.684. The predicted octanol–water partition coefficient (Wildman–Crippen LogP) is 4.20. The molecule has 1 saturated carbocycles. The van der Waals surface area contributed by atoms with E-state index in [0.29, 0.717) is 6.04 Å². The van der Waals surface area contributed by atoms with Crippen molar-refractivity contribution in [3.05, 3.63) is 29.3 Å². The van der Waals surface area contributed by atoms with Crippen molar-refractivity contribution in [2.75, 3.05) is 0 Å². The molecule has 0 radical (unpaired) electrons. The van der Waals surface area contributed by atoms with Gasteiger partial charge in [0.05, 0.1) is 16.8 Å². The smallest absolute Gasteiger partial charge is 0.0794 e. The molecule has 108 valence electrons. The number of hydrogen-bond acceptors (Lipinski definition) is 3. The van der Waals surface area contributed by atoms with Crippen LogP contribution < -0.4 is 5.32 Å². The van der Waals surface area contributed by atoms with Crippen molar-refractivity contribution >= 4 is 11.3 Å². The molecule has 1 aliphatic rings. The van der Waals surface area contributed by atoms with Crippen LogP contribution in [-0.2, 0) is 6.54 Å². The maximum Gasteiger partial charge on any atom is 0.0794 e. The van der Waals surface area contributed by atoms with Crippen LogP contribution in [0.1, 0.15) is 44.6 Å². The molecule has 0 bridgehead atoms. The van der Waals surface area contributed by atoms with Crippen LogP contribution >= 0.6 is 11.3 Å². The summed E-state index contributed by atoms with van der Waals surface area (Å²) in [7, 11) is 0. The molecule has 0 amide bonds. The molecule has 2 aromatic rings. The fraction of sp³-hybridized carbons (Fsp3) is 0.562. The Morgan fingerprint density at radius 1 is 1.35 bits per heavy atom. The lowest BCUT2D eigenvalue weighted by Gasteiger charge is -2.28. The molecular formula is C16H23N3S. The Morgan fingerprint density at radius 3 is 2.90 bits per heavy atom. The zero-order chi connectivity index (χ0) is 13.8. The predicted molar refractivity (Wildman–Crippen MR) is 84.8 cm³/mol. The zero-order valence-corrected chi connectivity index (χ0v) is 12.9. The molecule has 0 unspecified atom stereocenters. The summed E-state index contributed by atoms with van der Waals surface area (Å²) < 4.78 is 0. The summed E-state index contributed by atoms with van der Waals surface area (Å²) in [6.07, 6.45) is 8.72. The fourth-order valence-corrected chi connectivity index (χ4v) is 3.86. The lowest BCUT2D eigenvalue weighted by molar-refractivity contribution is 0.285. The van der Waals surface area contributed by atoms with Crippen LogP contribution in [0.2, 0.25) is 0 Å². The first-order chi connectivity index (χ1) is 9.86. The van der Waals surface area contributed by atoms with Crippen LogP contribution in [0.3, 0.4) is 0 Å². The van der Waals surface area contributed by atoms with Gasteiger partial charge in [-0.15, -0.1) is 11.3 Å². The minimum Gasteiger partial charge on any atom is -0.310 e. The van der Waals surface area contributed by atoms with Gasteiger partial charge in [-0.2, -0.15) is 5.10 Å². The molecule has 2 N–H and O–H groups in total. The Labute approximate surface area is 124 Å². The molecule has 1 aliphatic carbocycles. The number of thiophene rings is 1. The van der Waals surface area contributed by atoms with Crippen molar-refractivity contribution in [2.24, 2.45) is 5.92 Å². The summed E-state index contributed by atoms with van der Waals surface area (Å²) in [6.45, 7) is 3.24. The third kappa shape index (κ3) is 3.13. The molecule has 0 saturated heterocycles. The molecule has 20 heavy (non-hydrogen) atoms. The summed E-state index contributed by atoms with van der Waals surface area (Å²) >= 11 is 1.76. The first kappa shape index (κ1) is 13.8. The second-order valence-electron chi connectivity index (χ2n) is 5.75. The van der Waals surface area contributed by atoms with Crippen LogP contribution in [0.5, 0.6) is 0 Å². The molecule has 2 heterocycles. The van der Waals surface area contributed by atoms with E-state index in [1.165, 1.54) is 48.2 Å². The van der Waals surface area contributed by atoms with Crippen molar-refractivity contribution in [1.82, 2.24) is 15.5 Å². The van der Waals surface area contributed by atoms with Gasteiger partial charge in [0.2, 0.25) is 0 Å². The van der Waals surface area contributed by atoms with Crippen molar-refractivity contribution in [1.29, 1.82) is 0 Å². The molecule has 2 aromatic heterocycles. The number of H-pyrrole nitrogens is 1. The van der Waals surface area contributed by atoms with E-state index in [-0.39, 0.29) is 0 Å². The molecule has 0 atom stereocenters. The second-order valence-corrected chi connectivity index (χ2v) is 6.70. The first-order valence-corrected chi connectivity index (χ1v) is 8.54. The van der Waals surface area contributed by atoms with Crippen molar-refractivity contribution < 1.29 is 0 Å². The third-order valence-electron chi connectivity index (χ3n) is 4.49. The maximum atomic E-state index is 4.21. The Balaban J connectivity index is 1.56. The normalized spacial score (nSPS) is 23.1. The van der Waals surface area contributed by atoms with Gasteiger partial charge < -0.3 is 5.32 Å². The number of nitrogens with one attached hydrogen (secondary N) is 2. The highest BCUT2D eigenvalue weighted by Crippen LogP contribution is 2.28. The van der Waals surface area contributed by atoms with E-state index in [1.54, 1.807) is 11.3 Å². The Kier molecular flexibility index (Phi) is 4.53. The van der Waals surface area contributed by atoms with E-state index >= 15 is 0 Å². The topological polar surface area (TPSA) is 40.7 Å². The zero-order valence-electron chi connectivity index (χ0n) is 12.1. The van der Waals surface area contributed by atoms with Gasteiger partial charge in [-0.05, 0) is 43.0 Å². The van der Waals surface area contributed by atoms with Gasteiger partial charge in [0.15, 0.2) is 0 Å². The molecule has 4 heteroatoms. The average Bonchev–Trinajstić information content (AvgIpc) is 3.16. The highest BCUT2D eigenvalue weighted by molar-refractivity contribution is 7.13. The summed E-state index contributed by atoms with van der Waals surface area (Å²) in [5, 5.41) is 13.2. The van der Waals surface area contributed by atoms with E-state index < -0.39 is 0 Å². The summed E-state index contributed by atoms with van der Waals surface area (Å²) in [5.41, 5.74) is 2.46. The van der Waals surface area contributed by atoms with Crippen LogP contribution in [0.25, 0.3) is 10.6 Å². The van der Waals surface area contributed by atoms with Gasteiger partial charge in [-0.1, -0.05) is 19.4 Å². The summed E-state index contributed by atoms with van der Waals surface area (Å²) in [4.78, 5) is 1.27. The van der Waals surface area contributed by atoms with Crippen LogP contribution in [0.15, 0.2) is 23.7 Å². The van der Waals surface area contributed by atoms with E-state index in [0.717, 1.165) is 12.5 Å². The average molecular weight is 289 g/mol. The number of aromatic nitrogens is 2. The Morgan fingerprint density at radius 2 is 2.20 bits per heavy atom. The highest BCUT2D eigenvalue weighted by atomic mass is 32.1. The van der Waals surface area contributed by atoms with Gasteiger partial charge in [-0.25, -0.2) is 0 Å². The quantitative estimate of drug-likeness (QED) is 0.866. The van der Waals surface area contributed by atoms with Gasteiger partial charge in [0.25, 0.3) is 0 Å². The van der Waals surface area contributed by atoms with Crippen molar-refractivity contribution in [2.45, 2.75) is 51.6 Å². The monoisotopic (exact) mass is 289 g/mol. The molecule has 0 spiro atoms. The van der Waals surface area contributed by atoms with Crippen LogP contribution in [-0.4, -0.2) is 16.2 Å². The van der Waals surface area contributed by atoms with Gasteiger partial charge in [0, 0.05) is 18.2 Å². The lowest BCUT2D eigenvalue weighted by atomic mass is 9.84. The second kappa shape index (κ2) is 6.55. The van der Waals surface area contributed by atoms with E-state index in [1.807, 2.05) is 6.20 Å².